The number of aromatic nitrogens is 1. The third-order valence-electron chi connectivity index (χ3n) is 3.66. The Bertz CT molecular complexity index is 949. The largest absolute Gasteiger partial charge is 0.321 e. The van der Waals surface area contributed by atoms with E-state index in [1.165, 1.54) is 0 Å². The van der Waals surface area contributed by atoms with Crippen molar-refractivity contribution in [3.8, 4) is 28.5 Å². The van der Waals surface area contributed by atoms with Crippen LogP contribution in [0.25, 0.3) is 22.4 Å². The van der Waals surface area contributed by atoms with Gasteiger partial charge in [-0.3, -0.25) is 4.79 Å². The first kappa shape index (κ1) is 15.3. The van der Waals surface area contributed by atoms with E-state index in [0.29, 0.717) is 11.3 Å². The molecule has 0 unspecified atom stereocenters. The number of rotatable bonds is 2. The van der Waals surface area contributed by atoms with Crippen LogP contribution in [0.3, 0.4) is 0 Å². The van der Waals surface area contributed by atoms with Gasteiger partial charge in [0.1, 0.15) is 11.6 Å². The van der Waals surface area contributed by atoms with E-state index >= 15 is 0 Å². The Morgan fingerprint density at radius 3 is 2.22 bits per heavy atom. The minimum absolute atomic E-state index is 0.128. The van der Waals surface area contributed by atoms with Crippen LogP contribution in [0.4, 0.5) is 0 Å². The molecule has 0 fully saturated rings. The molecule has 112 valence electrons. The number of benzene rings is 2. The van der Waals surface area contributed by atoms with E-state index in [-0.39, 0.29) is 11.1 Å². The summed E-state index contributed by atoms with van der Waals surface area (Å²) in [5, 5.41) is 9.33. The van der Waals surface area contributed by atoms with Gasteiger partial charge in [-0.1, -0.05) is 57.9 Å². The fourth-order valence-electron chi connectivity index (χ4n) is 2.42. The predicted molar refractivity (Wildman–Crippen MR) is 95.1 cm³/mol. The van der Waals surface area contributed by atoms with E-state index in [1.54, 1.807) is 0 Å². The number of nitriles is 1. The van der Waals surface area contributed by atoms with Crippen molar-refractivity contribution in [3.05, 3.63) is 80.6 Å². The first-order valence-corrected chi connectivity index (χ1v) is 7.88. The van der Waals surface area contributed by atoms with Crippen molar-refractivity contribution in [2.45, 2.75) is 6.92 Å². The number of nitrogens with zero attached hydrogens (tertiary/aromatic N) is 1. The van der Waals surface area contributed by atoms with Crippen molar-refractivity contribution < 1.29 is 0 Å². The summed E-state index contributed by atoms with van der Waals surface area (Å²) in [6.45, 7) is 2.01. The molecule has 0 aliphatic heterocycles. The summed E-state index contributed by atoms with van der Waals surface area (Å²) in [6.07, 6.45) is 0. The molecule has 1 heterocycles. The minimum Gasteiger partial charge on any atom is -0.321 e. The van der Waals surface area contributed by atoms with Crippen LogP contribution < -0.4 is 5.56 Å². The second-order valence-corrected chi connectivity index (χ2v) is 6.20. The Morgan fingerprint density at radius 1 is 1.00 bits per heavy atom. The lowest BCUT2D eigenvalue weighted by Crippen LogP contribution is -2.12. The monoisotopic (exact) mass is 364 g/mol. The second-order valence-electron chi connectivity index (χ2n) is 5.29. The summed E-state index contributed by atoms with van der Waals surface area (Å²) in [4.78, 5) is 15.1. The molecule has 0 bridgehead atoms. The van der Waals surface area contributed by atoms with Crippen LogP contribution in [0.1, 0.15) is 11.1 Å². The summed E-state index contributed by atoms with van der Waals surface area (Å²) in [7, 11) is 0. The Labute approximate surface area is 142 Å². The zero-order chi connectivity index (χ0) is 16.4. The highest BCUT2D eigenvalue weighted by atomic mass is 79.9. The van der Waals surface area contributed by atoms with Gasteiger partial charge in [-0.05, 0) is 36.2 Å². The molecule has 1 N–H and O–H groups in total. The molecule has 0 saturated carbocycles. The standard InChI is InChI=1S/C19H13BrN2O/c1-12-2-4-14(5-3-12)18-10-16(17(11-21)19(23)22-18)13-6-8-15(20)9-7-13/h2-10H,1H3,(H,22,23). The van der Waals surface area contributed by atoms with Crippen molar-refractivity contribution in [2.75, 3.05) is 0 Å². The third-order valence-corrected chi connectivity index (χ3v) is 4.19. The molecule has 3 nitrogen and oxygen atoms in total. The molecule has 0 aliphatic carbocycles. The van der Waals surface area contributed by atoms with Gasteiger partial charge >= 0.3 is 0 Å². The number of hydrogen-bond acceptors (Lipinski definition) is 2. The highest BCUT2D eigenvalue weighted by molar-refractivity contribution is 9.10. The average molecular weight is 365 g/mol. The normalized spacial score (nSPS) is 10.3. The number of aromatic amines is 1. The lowest BCUT2D eigenvalue weighted by molar-refractivity contribution is 1.22. The maximum absolute atomic E-state index is 12.3. The Balaban J connectivity index is 2.22. The van der Waals surface area contributed by atoms with Gasteiger partial charge in [0.15, 0.2) is 0 Å². The topological polar surface area (TPSA) is 56.6 Å². The fraction of sp³-hybridized carbons (Fsp3) is 0.0526. The minimum atomic E-state index is -0.372. The third kappa shape index (κ3) is 3.10. The van der Waals surface area contributed by atoms with Gasteiger partial charge in [0, 0.05) is 15.7 Å². The van der Waals surface area contributed by atoms with Crippen LogP contribution in [-0.2, 0) is 0 Å². The molecular weight excluding hydrogens is 352 g/mol. The second kappa shape index (κ2) is 6.23. The quantitative estimate of drug-likeness (QED) is 0.719. The van der Waals surface area contributed by atoms with Gasteiger partial charge in [-0.15, -0.1) is 0 Å². The van der Waals surface area contributed by atoms with E-state index in [4.69, 9.17) is 0 Å². The SMILES string of the molecule is Cc1ccc(-c2cc(-c3ccc(Br)cc3)c(C#N)c(=O)[nH]2)cc1. The van der Waals surface area contributed by atoms with Crippen molar-refractivity contribution in [1.82, 2.24) is 4.98 Å². The number of aryl methyl sites for hydroxylation is 1. The Kier molecular flexibility index (Phi) is 4.14. The van der Waals surface area contributed by atoms with Gasteiger partial charge in [-0.25, -0.2) is 0 Å². The molecular formula is C19H13BrN2O. The Hall–Kier alpha value is -2.64. The van der Waals surface area contributed by atoms with Crippen LogP contribution in [0.2, 0.25) is 0 Å². The summed E-state index contributed by atoms with van der Waals surface area (Å²) in [5.74, 6) is 0. The van der Waals surface area contributed by atoms with Crippen LogP contribution >= 0.6 is 15.9 Å². The van der Waals surface area contributed by atoms with Crippen molar-refractivity contribution in [3.63, 3.8) is 0 Å². The predicted octanol–water partition coefficient (Wildman–Crippen LogP) is 4.65. The molecule has 0 amide bonds. The van der Waals surface area contributed by atoms with Gasteiger partial charge in [-0.2, -0.15) is 5.26 Å². The van der Waals surface area contributed by atoms with E-state index < -0.39 is 0 Å². The zero-order valence-electron chi connectivity index (χ0n) is 12.4. The fourth-order valence-corrected chi connectivity index (χ4v) is 2.68. The zero-order valence-corrected chi connectivity index (χ0v) is 14.0. The highest BCUT2D eigenvalue weighted by Crippen LogP contribution is 2.27. The van der Waals surface area contributed by atoms with Crippen LogP contribution in [0, 0.1) is 18.3 Å². The van der Waals surface area contributed by atoms with E-state index in [1.807, 2.05) is 67.6 Å². The smallest absolute Gasteiger partial charge is 0.266 e. The van der Waals surface area contributed by atoms with Gasteiger partial charge in [0.25, 0.3) is 5.56 Å². The summed E-state index contributed by atoms with van der Waals surface area (Å²) in [5.41, 5.74) is 4.00. The summed E-state index contributed by atoms with van der Waals surface area (Å²) >= 11 is 3.39. The first-order chi connectivity index (χ1) is 11.1. The van der Waals surface area contributed by atoms with E-state index in [2.05, 4.69) is 20.9 Å². The maximum Gasteiger partial charge on any atom is 0.266 e. The number of hydrogen-bond donors (Lipinski definition) is 1. The van der Waals surface area contributed by atoms with Crippen molar-refractivity contribution in [2.24, 2.45) is 0 Å². The molecule has 2 aromatic carbocycles. The van der Waals surface area contributed by atoms with E-state index in [9.17, 15) is 10.1 Å². The molecule has 3 aromatic rings. The van der Waals surface area contributed by atoms with E-state index in [0.717, 1.165) is 21.2 Å². The molecule has 0 spiro atoms. The lowest BCUT2D eigenvalue weighted by atomic mass is 9.99. The molecule has 0 radical (unpaired) electrons. The average Bonchev–Trinajstić information content (AvgIpc) is 2.55. The van der Waals surface area contributed by atoms with Gasteiger partial charge in [0.2, 0.25) is 0 Å². The Morgan fingerprint density at radius 2 is 1.61 bits per heavy atom. The number of H-pyrrole nitrogens is 1. The number of halogens is 1. The summed E-state index contributed by atoms with van der Waals surface area (Å²) in [6, 6.07) is 19.3. The molecule has 4 heteroatoms. The molecule has 0 atom stereocenters. The molecule has 1 aromatic heterocycles. The lowest BCUT2D eigenvalue weighted by Gasteiger charge is -2.08. The maximum atomic E-state index is 12.3. The van der Waals surface area contributed by atoms with Crippen LogP contribution in [-0.4, -0.2) is 4.98 Å². The van der Waals surface area contributed by atoms with Crippen molar-refractivity contribution in [1.29, 1.82) is 5.26 Å². The van der Waals surface area contributed by atoms with Crippen LogP contribution in [0.5, 0.6) is 0 Å². The van der Waals surface area contributed by atoms with Crippen molar-refractivity contribution >= 4 is 15.9 Å². The summed E-state index contributed by atoms with van der Waals surface area (Å²) < 4.78 is 0.948. The first-order valence-electron chi connectivity index (χ1n) is 7.09. The van der Waals surface area contributed by atoms with Crippen LogP contribution in [0.15, 0.2) is 63.9 Å². The molecule has 0 aliphatic rings. The van der Waals surface area contributed by atoms with Gasteiger partial charge in [0.05, 0.1) is 0 Å². The highest BCUT2D eigenvalue weighted by Gasteiger charge is 2.12. The number of nitrogens with one attached hydrogen (secondary N) is 1. The molecule has 3 rings (SSSR count). The molecule has 23 heavy (non-hydrogen) atoms. The molecule has 0 saturated heterocycles. The van der Waals surface area contributed by atoms with Gasteiger partial charge < -0.3 is 4.98 Å². The number of pyridine rings is 1.